The minimum Gasteiger partial charge on any atom is -0.294 e. The minimum absolute atomic E-state index is 0.0589. The lowest BCUT2D eigenvalue weighted by atomic mass is 10.1. The van der Waals surface area contributed by atoms with Gasteiger partial charge in [0, 0.05) is 30.7 Å². The number of Topliss-reactive ketones (excluding diaryl/α,β-unsaturated/α-hetero) is 1. The van der Waals surface area contributed by atoms with Crippen LogP contribution in [0.1, 0.15) is 37.1 Å². The maximum atomic E-state index is 11.8. The van der Waals surface area contributed by atoms with Crippen molar-refractivity contribution in [3.63, 3.8) is 0 Å². The Kier molecular flexibility index (Phi) is 5.35. The van der Waals surface area contributed by atoms with E-state index in [1.165, 1.54) is 13.2 Å². The van der Waals surface area contributed by atoms with E-state index in [2.05, 4.69) is 18.8 Å². The molecule has 0 N–H and O–H groups in total. The number of imidazole rings is 1. The molecule has 0 saturated heterocycles. The molecule has 2 aromatic heterocycles. The Hall–Kier alpha value is -2.25. The van der Waals surface area contributed by atoms with Crippen LogP contribution in [0.2, 0.25) is 0 Å². The SMILES string of the molecule is CC(=O)c1cn(-c2ccc(-c3cccc(S(C)(=O)=O)c3)s2)c(CC(C)C)n1. The summed E-state index contributed by atoms with van der Waals surface area (Å²) in [7, 11) is -3.25. The quantitative estimate of drug-likeness (QED) is 0.573. The number of rotatable bonds is 6. The molecule has 0 amide bonds. The molecule has 0 bridgehead atoms. The first-order valence-electron chi connectivity index (χ1n) is 8.65. The summed E-state index contributed by atoms with van der Waals surface area (Å²) in [6, 6.07) is 10.9. The minimum atomic E-state index is -3.25. The highest BCUT2D eigenvalue weighted by molar-refractivity contribution is 7.90. The zero-order chi connectivity index (χ0) is 19.8. The zero-order valence-corrected chi connectivity index (χ0v) is 17.4. The Morgan fingerprint density at radius 2 is 1.96 bits per heavy atom. The number of thiophene rings is 1. The summed E-state index contributed by atoms with van der Waals surface area (Å²) in [5.74, 6) is 1.21. The van der Waals surface area contributed by atoms with Gasteiger partial charge in [-0.25, -0.2) is 13.4 Å². The highest BCUT2D eigenvalue weighted by Gasteiger charge is 2.16. The van der Waals surface area contributed by atoms with E-state index in [9.17, 15) is 13.2 Å². The van der Waals surface area contributed by atoms with Crippen molar-refractivity contribution >= 4 is 27.0 Å². The van der Waals surface area contributed by atoms with Crippen LogP contribution in [0.25, 0.3) is 15.4 Å². The summed E-state index contributed by atoms with van der Waals surface area (Å²) >= 11 is 1.54. The van der Waals surface area contributed by atoms with Gasteiger partial charge in [0.25, 0.3) is 0 Å². The lowest BCUT2D eigenvalue weighted by Crippen LogP contribution is -2.03. The van der Waals surface area contributed by atoms with E-state index in [1.54, 1.807) is 35.7 Å². The van der Waals surface area contributed by atoms with Crippen molar-refractivity contribution in [1.29, 1.82) is 0 Å². The molecule has 0 unspecified atom stereocenters. The Balaban J connectivity index is 2.03. The van der Waals surface area contributed by atoms with E-state index in [4.69, 9.17) is 0 Å². The van der Waals surface area contributed by atoms with E-state index in [-0.39, 0.29) is 5.78 Å². The molecule has 3 aromatic rings. The highest BCUT2D eigenvalue weighted by Crippen LogP contribution is 2.32. The van der Waals surface area contributed by atoms with Crippen LogP contribution >= 0.6 is 11.3 Å². The molecular weight excluding hydrogens is 380 g/mol. The lowest BCUT2D eigenvalue weighted by molar-refractivity contribution is 0.101. The first-order chi connectivity index (χ1) is 12.6. The van der Waals surface area contributed by atoms with Crippen LogP contribution in [0.4, 0.5) is 0 Å². The van der Waals surface area contributed by atoms with Crippen molar-refractivity contribution in [2.24, 2.45) is 5.92 Å². The number of nitrogens with zero attached hydrogens (tertiary/aromatic N) is 2. The van der Waals surface area contributed by atoms with Crippen molar-refractivity contribution in [2.45, 2.75) is 32.1 Å². The van der Waals surface area contributed by atoms with E-state index < -0.39 is 9.84 Å². The largest absolute Gasteiger partial charge is 0.294 e. The number of sulfone groups is 1. The van der Waals surface area contributed by atoms with E-state index in [0.29, 0.717) is 16.5 Å². The molecule has 0 aliphatic carbocycles. The van der Waals surface area contributed by atoms with Crippen molar-refractivity contribution in [1.82, 2.24) is 9.55 Å². The molecule has 0 radical (unpaired) electrons. The number of hydrogen-bond acceptors (Lipinski definition) is 5. The van der Waals surface area contributed by atoms with E-state index in [0.717, 1.165) is 27.7 Å². The van der Waals surface area contributed by atoms with Crippen LogP contribution in [-0.4, -0.2) is 30.0 Å². The highest BCUT2D eigenvalue weighted by atomic mass is 32.2. The van der Waals surface area contributed by atoms with Gasteiger partial charge in [-0.15, -0.1) is 11.3 Å². The molecular formula is C20H22N2O3S2. The van der Waals surface area contributed by atoms with Gasteiger partial charge in [0.15, 0.2) is 15.6 Å². The van der Waals surface area contributed by atoms with E-state index >= 15 is 0 Å². The second kappa shape index (κ2) is 7.40. The van der Waals surface area contributed by atoms with Crippen LogP contribution < -0.4 is 0 Å². The third-order valence-electron chi connectivity index (χ3n) is 4.11. The Bertz CT molecular complexity index is 1090. The van der Waals surface area contributed by atoms with Gasteiger partial charge in [-0.3, -0.25) is 9.36 Å². The molecule has 142 valence electrons. The molecule has 1 aromatic carbocycles. The summed E-state index contributed by atoms with van der Waals surface area (Å²) in [6.45, 7) is 5.74. The molecule has 3 rings (SSSR count). The van der Waals surface area contributed by atoms with Gasteiger partial charge in [-0.2, -0.15) is 0 Å². The first-order valence-corrected chi connectivity index (χ1v) is 11.4. The van der Waals surface area contributed by atoms with Gasteiger partial charge in [0.2, 0.25) is 0 Å². The first kappa shape index (κ1) is 19.5. The third kappa shape index (κ3) is 4.36. The number of hydrogen-bond donors (Lipinski definition) is 0. The predicted octanol–water partition coefficient (Wildman–Crippen LogP) is 4.41. The van der Waals surface area contributed by atoms with Gasteiger partial charge >= 0.3 is 0 Å². The summed E-state index contributed by atoms with van der Waals surface area (Å²) in [6.07, 6.45) is 3.76. The van der Waals surface area contributed by atoms with Crippen LogP contribution in [0.3, 0.4) is 0 Å². The summed E-state index contributed by atoms with van der Waals surface area (Å²) in [4.78, 5) is 17.5. The standard InChI is InChI=1S/C20H22N2O3S2/c1-13(2)10-19-21-17(14(3)23)12-22(19)20-9-8-18(26-20)15-6-5-7-16(11-15)27(4,24)25/h5-9,11-13H,10H2,1-4H3. The van der Waals surface area contributed by atoms with Crippen molar-refractivity contribution in [3.8, 4) is 15.4 Å². The third-order valence-corrected chi connectivity index (χ3v) is 6.35. The topological polar surface area (TPSA) is 69.0 Å². The maximum Gasteiger partial charge on any atom is 0.179 e. The Morgan fingerprint density at radius 3 is 2.59 bits per heavy atom. The number of aromatic nitrogens is 2. The number of ketones is 1. The Labute approximate surface area is 163 Å². The molecule has 7 heteroatoms. The van der Waals surface area contributed by atoms with Gasteiger partial charge in [0.05, 0.1) is 4.90 Å². The second-order valence-corrected chi connectivity index (χ2v) is 10.1. The zero-order valence-electron chi connectivity index (χ0n) is 15.8. The molecule has 27 heavy (non-hydrogen) atoms. The number of carbonyl (C=O) groups is 1. The van der Waals surface area contributed by atoms with Crippen LogP contribution in [-0.2, 0) is 16.3 Å². The lowest BCUT2D eigenvalue weighted by Gasteiger charge is -2.07. The van der Waals surface area contributed by atoms with Crippen LogP contribution in [0.15, 0.2) is 47.5 Å². The molecule has 0 saturated carbocycles. The normalized spacial score (nSPS) is 11.9. The number of carbonyl (C=O) groups excluding carboxylic acids is 1. The van der Waals surface area contributed by atoms with E-state index in [1.807, 2.05) is 22.8 Å². The monoisotopic (exact) mass is 402 g/mol. The Morgan fingerprint density at radius 1 is 1.22 bits per heavy atom. The summed E-state index contributed by atoms with van der Waals surface area (Å²) in [5, 5.41) is 0.949. The van der Waals surface area contributed by atoms with Gasteiger partial charge in [-0.1, -0.05) is 26.0 Å². The van der Waals surface area contributed by atoms with Gasteiger partial charge < -0.3 is 0 Å². The fraction of sp³-hybridized carbons (Fsp3) is 0.300. The molecule has 0 atom stereocenters. The van der Waals surface area contributed by atoms with Crippen molar-refractivity contribution in [2.75, 3.05) is 6.26 Å². The summed E-state index contributed by atoms with van der Waals surface area (Å²) < 4.78 is 25.6. The predicted molar refractivity (Wildman–Crippen MR) is 109 cm³/mol. The van der Waals surface area contributed by atoms with Crippen molar-refractivity contribution < 1.29 is 13.2 Å². The second-order valence-electron chi connectivity index (χ2n) is 7.00. The molecule has 5 nitrogen and oxygen atoms in total. The summed E-state index contributed by atoms with van der Waals surface area (Å²) in [5.41, 5.74) is 1.31. The molecule has 0 fully saturated rings. The van der Waals surface area contributed by atoms with Crippen LogP contribution in [0.5, 0.6) is 0 Å². The maximum absolute atomic E-state index is 11.8. The van der Waals surface area contributed by atoms with Gasteiger partial charge in [0.1, 0.15) is 16.5 Å². The molecule has 0 aliphatic heterocycles. The molecule has 0 spiro atoms. The molecule has 2 heterocycles. The number of benzene rings is 1. The average molecular weight is 403 g/mol. The van der Waals surface area contributed by atoms with Gasteiger partial charge in [-0.05, 0) is 35.7 Å². The van der Waals surface area contributed by atoms with Crippen molar-refractivity contribution in [3.05, 3.63) is 54.1 Å². The molecule has 0 aliphatic rings. The average Bonchev–Trinajstić information content (AvgIpc) is 3.20. The fourth-order valence-corrected chi connectivity index (χ4v) is 4.45. The van der Waals surface area contributed by atoms with Crippen LogP contribution in [0, 0.1) is 5.92 Å². The smallest absolute Gasteiger partial charge is 0.179 e. The fourth-order valence-electron chi connectivity index (χ4n) is 2.78.